The van der Waals surface area contributed by atoms with Gasteiger partial charge in [-0.3, -0.25) is 49.2 Å². The van der Waals surface area contributed by atoms with Crippen molar-refractivity contribution in [3.63, 3.8) is 0 Å². The molecule has 0 unspecified atom stereocenters. The van der Waals surface area contributed by atoms with E-state index in [4.69, 9.17) is 51.5 Å². The average molecular weight is 1860 g/mol. The number of hydrogen-bond acceptors (Lipinski definition) is 29. The van der Waals surface area contributed by atoms with Crippen LogP contribution in [0.4, 0.5) is 22.7 Å². The number of carbonyl (C=O) groups excluding carboxylic acids is 14. The van der Waals surface area contributed by atoms with Gasteiger partial charge in [0.1, 0.15) is 26.7 Å². The maximum atomic E-state index is 13.1. The van der Waals surface area contributed by atoms with Gasteiger partial charge in [0.2, 0.25) is 11.5 Å². The Balaban J connectivity index is 0.000000152. The number of anilines is 4. The average Bonchev–Trinajstić information content (AvgIpc) is 1.66. The molecule has 4 aromatic heterocycles. The van der Waals surface area contributed by atoms with Crippen LogP contribution in [0.2, 0.25) is 0 Å². The number of thiophene rings is 2. The van der Waals surface area contributed by atoms with Crippen LogP contribution in [0, 0.1) is 0 Å². The molecule has 0 atom stereocenters. The van der Waals surface area contributed by atoms with Gasteiger partial charge in [0.15, 0.2) is 46.1 Å². The lowest BCUT2D eigenvalue weighted by molar-refractivity contribution is -0.118. The van der Waals surface area contributed by atoms with Gasteiger partial charge >= 0.3 is 35.8 Å². The molecule has 0 saturated carbocycles. The van der Waals surface area contributed by atoms with Crippen molar-refractivity contribution in [2.45, 2.75) is 48.5 Å². The molecular formula is C100H80N8O25S2. The molecule has 33 nitrogen and oxygen atoms in total. The number of rotatable bonds is 26. The highest BCUT2D eigenvalue weighted by Gasteiger charge is 2.38. The molecular weight excluding hydrogens is 1780 g/mol. The van der Waals surface area contributed by atoms with E-state index >= 15 is 0 Å². The number of nitrogens with zero attached hydrogens (tertiary/aromatic N) is 6. The van der Waals surface area contributed by atoms with Crippen LogP contribution in [0.15, 0.2) is 289 Å². The first-order valence-corrected chi connectivity index (χ1v) is 42.9. The molecule has 8 heterocycles. The summed E-state index contributed by atoms with van der Waals surface area (Å²) >= 11 is 2.57. The van der Waals surface area contributed by atoms with Crippen LogP contribution in [0.25, 0.3) is 24.3 Å². The van der Waals surface area contributed by atoms with Crippen molar-refractivity contribution >= 4 is 164 Å². The Morgan fingerprint density at radius 3 is 1.19 bits per heavy atom. The smallest absolute Gasteiger partial charge is 0.379 e. The number of esters is 6. The summed E-state index contributed by atoms with van der Waals surface area (Å²) in [4.78, 5) is 173. The van der Waals surface area contributed by atoms with Gasteiger partial charge in [-0.15, -0.1) is 22.7 Å². The monoisotopic (exact) mass is 1860 g/mol. The molecule has 682 valence electrons. The minimum absolute atomic E-state index is 0.0295. The van der Waals surface area contributed by atoms with Crippen molar-refractivity contribution in [2.24, 2.45) is 10.2 Å². The van der Waals surface area contributed by atoms with Gasteiger partial charge in [0.05, 0.1) is 103 Å². The summed E-state index contributed by atoms with van der Waals surface area (Å²) in [7, 11) is 2.85. The van der Waals surface area contributed by atoms with E-state index in [9.17, 15) is 67.1 Å². The summed E-state index contributed by atoms with van der Waals surface area (Å²) in [6.45, 7) is 12.6. The van der Waals surface area contributed by atoms with Gasteiger partial charge in [-0.05, 0) is 276 Å². The Morgan fingerprint density at radius 1 is 0.363 bits per heavy atom. The number of hydrogen-bond donors (Lipinski definition) is 2. The highest BCUT2D eigenvalue weighted by Crippen LogP contribution is 2.37. The van der Waals surface area contributed by atoms with E-state index in [-0.39, 0.29) is 76.5 Å². The number of ketones is 2. The number of methoxy groups -OCH3 is 2. The Bertz CT molecular complexity index is 6790. The zero-order valence-electron chi connectivity index (χ0n) is 73.3. The number of nitrogens with one attached hydrogen (secondary N) is 2. The van der Waals surface area contributed by atoms with Crippen LogP contribution in [0.1, 0.15) is 153 Å². The van der Waals surface area contributed by atoms with Gasteiger partial charge in [0, 0.05) is 11.1 Å². The van der Waals surface area contributed by atoms with Crippen molar-refractivity contribution in [3.8, 4) is 40.2 Å². The number of benzene rings is 8. The number of hydrazine groups is 2. The lowest BCUT2D eigenvalue weighted by Crippen LogP contribution is -2.35. The molecule has 12 aromatic rings. The summed E-state index contributed by atoms with van der Waals surface area (Å²) in [6, 6.07) is 59.8. The Kier molecular flexibility index (Phi) is 30.7. The number of furan rings is 2. The fourth-order valence-electron chi connectivity index (χ4n) is 13.0. The molecule has 8 aromatic carbocycles. The van der Waals surface area contributed by atoms with Crippen LogP contribution >= 0.6 is 22.7 Å². The Labute approximate surface area is 777 Å². The Morgan fingerprint density at radius 2 is 0.770 bits per heavy atom. The van der Waals surface area contributed by atoms with Crippen molar-refractivity contribution in [1.29, 1.82) is 0 Å². The highest BCUT2D eigenvalue weighted by molar-refractivity contribution is 7.12. The number of amides is 6. The molecule has 16 rings (SSSR count). The van der Waals surface area contributed by atoms with Gasteiger partial charge < -0.3 is 51.5 Å². The summed E-state index contributed by atoms with van der Waals surface area (Å²) < 4.78 is 57.8. The van der Waals surface area contributed by atoms with E-state index in [0.717, 1.165) is 10.0 Å². The second-order valence-electron chi connectivity index (χ2n) is 28.7. The van der Waals surface area contributed by atoms with Crippen molar-refractivity contribution in [1.82, 2.24) is 10.9 Å². The third-order valence-corrected chi connectivity index (χ3v) is 21.3. The first-order valence-electron chi connectivity index (χ1n) is 41.1. The molecule has 0 spiro atoms. The lowest BCUT2D eigenvalue weighted by Gasteiger charge is -2.14. The number of ether oxygens (including phenoxy) is 9. The van der Waals surface area contributed by atoms with Crippen molar-refractivity contribution in [2.75, 3.05) is 54.1 Å². The van der Waals surface area contributed by atoms with E-state index in [1.165, 1.54) is 158 Å². The molecule has 2 saturated heterocycles. The predicted molar refractivity (Wildman–Crippen MR) is 498 cm³/mol. The summed E-state index contributed by atoms with van der Waals surface area (Å²) in [5.41, 5.74) is 12.6. The van der Waals surface area contributed by atoms with Gasteiger partial charge in [-0.2, -0.15) is 20.2 Å². The molecule has 35 heteroatoms. The van der Waals surface area contributed by atoms with Crippen LogP contribution in [-0.4, -0.2) is 128 Å². The molecule has 0 radical (unpaired) electrons. The number of Topliss-reactive ketones (excluding diaryl/α,β-unsaturated/α-hetero) is 2. The maximum Gasteiger partial charge on any atom is 0.379 e. The van der Waals surface area contributed by atoms with E-state index in [0.29, 0.717) is 129 Å². The van der Waals surface area contributed by atoms with Gasteiger partial charge in [0.25, 0.3) is 35.4 Å². The fourth-order valence-corrected chi connectivity index (χ4v) is 14.2. The first-order chi connectivity index (χ1) is 65.1. The third-order valence-electron chi connectivity index (χ3n) is 19.7. The van der Waals surface area contributed by atoms with Gasteiger partial charge in [-0.1, -0.05) is 54.6 Å². The predicted octanol–water partition coefficient (Wildman–Crippen LogP) is 16.6. The topological polar surface area (TPSA) is 410 Å². The summed E-state index contributed by atoms with van der Waals surface area (Å²) in [5, 5.41) is 17.1. The van der Waals surface area contributed by atoms with E-state index in [1.807, 2.05) is 6.92 Å². The minimum Gasteiger partial charge on any atom is -0.493 e. The first kappa shape index (κ1) is 95.0. The molecule has 6 amide bonds. The quantitative estimate of drug-likeness (QED) is 0.0167. The second-order valence-corrected chi connectivity index (χ2v) is 30.6. The highest BCUT2D eigenvalue weighted by atomic mass is 32.1. The molecule has 0 aliphatic carbocycles. The molecule has 4 aliphatic heterocycles. The third kappa shape index (κ3) is 23.2. The summed E-state index contributed by atoms with van der Waals surface area (Å²) in [5.74, 6) is -4.30. The SMILES string of the molecule is CCOC(=O)c1ccc(N2NC(=O)/C(=C/c3ccc(OC(=O)c4ccco4)c(OC)c3)C2=O)cc1.CCOC(=O)c1ccc(N2NC(=O)/C(=C/c3cccc(OC(=O)c4cccs4)c3)C2=O)cc1.CCOc1cc(/C=C2\C(=O)N(c3ccc(C(C)=O)cc3)N=C2C)ccc1OC(=O)c1cccs1.COc1cc(/C=C2\C(=O)N(c3cccc(C(C)=O)c3)N=C2C)ccc1OC(=O)c1ccco1. The molecule has 135 heavy (non-hydrogen) atoms. The number of carbonyl (C=O) groups is 14. The van der Waals surface area contributed by atoms with Gasteiger partial charge in [-0.25, -0.2) is 38.8 Å². The standard InChI is InChI=1S/C26H22N2O5S.C25H20N2O8.C25H20N2O6.C24H18N2O6S/c1-4-32-23-15-18(7-12-22(23)33-26(31)24-6-5-13-34-24)14-21-16(2)27-28(25(21)30)20-10-8-19(9-11-20)17(3)29;1-3-33-24(30)16-7-9-17(10-8-16)27-23(29)18(22(28)26-27)13-15-6-11-19(21(14-15)32-2)35-25(31)20-5-4-12-34-20;1-15-20(24(29)27(26-15)19-7-4-6-18(14-19)16(2)28)12-17-9-10-21(23(13-17)31-3)33-25(30)22-8-5-11-32-22;1-2-31-23(29)16-8-10-17(11-9-16)26-22(28)19(21(27)25-26)14-15-5-3-6-18(13-15)32-24(30)20-7-4-12-33-20/h5-15H,4H2,1-3H3;4-14H,3H2,1-2H3,(H,26,28);4-14H,1-3H3;3-14H,2H2,1H3,(H,25,27)/b21-14-;18-13-;20-12-;19-14-. The van der Waals surface area contributed by atoms with E-state index in [2.05, 4.69) is 21.1 Å². The molecule has 2 fully saturated rings. The van der Waals surface area contributed by atoms with Crippen LogP contribution in [-0.2, 0) is 38.2 Å². The fraction of sp³-hybridized carbons (Fsp3) is 0.120. The maximum absolute atomic E-state index is 13.1. The Hall–Kier alpha value is -17.6. The van der Waals surface area contributed by atoms with Crippen LogP contribution < -0.4 is 64.0 Å². The van der Waals surface area contributed by atoms with Crippen molar-refractivity contribution in [3.05, 3.63) is 336 Å². The lowest BCUT2D eigenvalue weighted by atomic mass is 10.1. The zero-order chi connectivity index (χ0) is 96.1. The largest absolute Gasteiger partial charge is 0.493 e. The molecule has 0 bridgehead atoms. The number of hydrazone groups is 2. The van der Waals surface area contributed by atoms with Crippen molar-refractivity contribution < 1.29 is 119 Å². The normalized spacial score (nSPS) is 14.3. The molecule has 2 N–H and O–H groups in total. The summed E-state index contributed by atoms with van der Waals surface area (Å²) in [6.07, 6.45) is 8.95. The minimum atomic E-state index is -0.700. The zero-order valence-corrected chi connectivity index (χ0v) is 74.9. The van der Waals surface area contributed by atoms with E-state index < -0.39 is 59.4 Å². The second kappa shape index (κ2) is 43.7. The van der Waals surface area contributed by atoms with Crippen LogP contribution in [0.3, 0.4) is 0 Å². The van der Waals surface area contributed by atoms with E-state index in [1.54, 1.807) is 202 Å². The van der Waals surface area contributed by atoms with Crippen LogP contribution in [0.5, 0.6) is 40.2 Å². The molecule has 4 aliphatic rings.